The number of aliphatic imine (C=N–C) groups is 1. The van der Waals surface area contributed by atoms with E-state index in [1.54, 1.807) is 0 Å². The number of aliphatic carboxylic acids is 1. The molecule has 0 aliphatic carbocycles. The van der Waals surface area contributed by atoms with Crippen molar-refractivity contribution in [3.63, 3.8) is 0 Å². The van der Waals surface area contributed by atoms with Gasteiger partial charge in [0.2, 0.25) is 17.7 Å². The molecule has 0 aromatic heterocycles. The van der Waals surface area contributed by atoms with Crippen LogP contribution in [-0.2, 0) is 19.2 Å². The molecule has 4 unspecified atom stereocenters. The average molecular weight is 419 g/mol. The van der Waals surface area contributed by atoms with E-state index in [-0.39, 0.29) is 18.9 Å². The van der Waals surface area contributed by atoms with Crippen LogP contribution in [-0.4, -0.2) is 88.9 Å². The lowest BCUT2D eigenvalue weighted by molar-refractivity contribution is -0.143. The van der Waals surface area contributed by atoms with Crippen molar-refractivity contribution in [2.45, 2.75) is 43.9 Å². The molecule has 0 saturated heterocycles. The van der Waals surface area contributed by atoms with Gasteiger partial charge in [0.1, 0.15) is 18.1 Å². The number of hydrogen-bond donors (Lipinski definition) is 9. The van der Waals surface area contributed by atoms with Crippen molar-refractivity contribution in [2.24, 2.45) is 22.2 Å². The fraction of sp³-hybridized carbons (Fsp3) is 0.667. The highest BCUT2D eigenvalue weighted by Gasteiger charge is 2.27. The second kappa shape index (κ2) is 13.2. The van der Waals surface area contributed by atoms with E-state index >= 15 is 0 Å². The number of rotatable bonds is 13. The van der Waals surface area contributed by atoms with Crippen LogP contribution in [0, 0.1) is 0 Å². The summed E-state index contributed by atoms with van der Waals surface area (Å²) in [4.78, 5) is 50.6. The number of nitrogens with one attached hydrogen (secondary N) is 3. The van der Waals surface area contributed by atoms with Gasteiger partial charge in [0.05, 0.1) is 19.3 Å². The van der Waals surface area contributed by atoms with Crippen LogP contribution in [0.3, 0.4) is 0 Å². The normalized spacial score (nSPS) is 14.6. The second-order valence-corrected chi connectivity index (χ2v) is 6.11. The van der Waals surface area contributed by atoms with Crippen molar-refractivity contribution >= 4 is 29.7 Å². The first-order valence-electron chi connectivity index (χ1n) is 8.70. The van der Waals surface area contributed by atoms with Gasteiger partial charge < -0.3 is 48.5 Å². The van der Waals surface area contributed by atoms with E-state index in [9.17, 15) is 24.3 Å². The molecule has 0 rings (SSSR count). The average Bonchev–Trinajstić information content (AvgIpc) is 2.65. The molecule has 0 aromatic carbocycles. The number of carboxylic acids is 1. The number of hydrogen-bond acceptors (Lipinski definition) is 8. The maximum Gasteiger partial charge on any atom is 0.328 e. The first-order chi connectivity index (χ1) is 13.5. The fourth-order valence-corrected chi connectivity index (χ4v) is 1.99. The molecule has 0 aromatic rings. The predicted octanol–water partition coefficient (Wildman–Crippen LogP) is -5.09. The van der Waals surface area contributed by atoms with Crippen molar-refractivity contribution in [1.82, 2.24) is 16.0 Å². The molecule has 14 heteroatoms. The van der Waals surface area contributed by atoms with Crippen LogP contribution >= 0.6 is 0 Å². The Morgan fingerprint density at radius 3 is 1.97 bits per heavy atom. The Labute approximate surface area is 166 Å². The van der Waals surface area contributed by atoms with Crippen molar-refractivity contribution in [3.05, 3.63) is 0 Å². The van der Waals surface area contributed by atoms with E-state index in [2.05, 4.69) is 15.6 Å². The highest BCUT2D eigenvalue weighted by molar-refractivity contribution is 5.93. The van der Waals surface area contributed by atoms with Gasteiger partial charge in [0, 0.05) is 6.54 Å². The van der Waals surface area contributed by atoms with E-state index in [4.69, 9.17) is 27.4 Å². The Morgan fingerprint density at radius 1 is 0.931 bits per heavy atom. The molecule has 0 spiro atoms. The van der Waals surface area contributed by atoms with Crippen LogP contribution in [0.2, 0.25) is 0 Å². The fourth-order valence-electron chi connectivity index (χ4n) is 1.99. The predicted molar refractivity (Wildman–Crippen MR) is 101 cm³/mol. The number of carboxylic acid groups (broad SMARTS) is 1. The number of nitrogens with zero attached hydrogens (tertiary/aromatic N) is 1. The minimum absolute atomic E-state index is 0.0909. The third-order valence-corrected chi connectivity index (χ3v) is 3.67. The van der Waals surface area contributed by atoms with Crippen molar-refractivity contribution in [1.29, 1.82) is 0 Å². The smallest absolute Gasteiger partial charge is 0.328 e. The van der Waals surface area contributed by atoms with Gasteiger partial charge in [-0.15, -0.1) is 0 Å². The van der Waals surface area contributed by atoms with Gasteiger partial charge in [-0.2, -0.15) is 0 Å². The van der Waals surface area contributed by atoms with Gasteiger partial charge in [-0.3, -0.25) is 19.4 Å². The molecule has 0 fully saturated rings. The summed E-state index contributed by atoms with van der Waals surface area (Å²) >= 11 is 0. The number of aliphatic hydroxyl groups is 2. The number of carbonyl (C=O) groups is 4. The molecule has 4 atom stereocenters. The summed E-state index contributed by atoms with van der Waals surface area (Å²) in [7, 11) is 0. The Balaban J connectivity index is 4.63. The zero-order valence-electron chi connectivity index (χ0n) is 16.0. The number of aliphatic hydroxyl groups excluding tert-OH is 2. The summed E-state index contributed by atoms with van der Waals surface area (Å²) in [5, 5.41) is 33.5. The minimum Gasteiger partial charge on any atom is -0.480 e. The zero-order valence-corrected chi connectivity index (χ0v) is 16.0. The first kappa shape index (κ1) is 26.0. The van der Waals surface area contributed by atoms with Crippen LogP contribution in [0.25, 0.3) is 0 Å². The monoisotopic (exact) mass is 419 g/mol. The molecule has 0 saturated carbocycles. The summed E-state index contributed by atoms with van der Waals surface area (Å²) < 4.78 is 0. The Bertz CT molecular complexity index is 610. The van der Waals surface area contributed by atoms with Crippen molar-refractivity contribution in [3.8, 4) is 0 Å². The highest BCUT2D eigenvalue weighted by Crippen LogP contribution is 1.97. The SMILES string of the molecule is CC(NC(=O)C(CO)NC(=O)C(N)CCCN=C(N)N)C(=O)NC(CO)C(=O)O. The lowest BCUT2D eigenvalue weighted by Gasteiger charge is -2.22. The molecule has 0 aliphatic rings. The third kappa shape index (κ3) is 10.2. The summed E-state index contributed by atoms with van der Waals surface area (Å²) in [6.45, 7) is -0.0701. The molecule has 166 valence electrons. The van der Waals surface area contributed by atoms with E-state index < -0.39 is 61.1 Å². The quantitative estimate of drug-likeness (QED) is 0.0779. The lowest BCUT2D eigenvalue weighted by atomic mass is 10.1. The van der Waals surface area contributed by atoms with Gasteiger partial charge in [0.25, 0.3) is 0 Å². The lowest BCUT2D eigenvalue weighted by Crippen LogP contribution is -2.57. The minimum atomic E-state index is -1.54. The van der Waals surface area contributed by atoms with Crippen molar-refractivity contribution in [2.75, 3.05) is 19.8 Å². The topological polar surface area (TPSA) is 255 Å². The maximum absolute atomic E-state index is 12.2. The van der Waals surface area contributed by atoms with Crippen LogP contribution in [0.5, 0.6) is 0 Å². The molecular weight excluding hydrogens is 390 g/mol. The standard InChI is InChI=1S/C15H29N7O7/c1-7(11(25)22-10(6-24)14(28)29)20-13(27)9(5-23)21-12(26)8(16)3-2-4-19-15(17)18/h7-10,23-24H,2-6,16H2,1H3,(H,20,27)(H,21,26)(H,22,25)(H,28,29)(H4,17,18,19). The van der Waals surface area contributed by atoms with Gasteiger partial charge in [-0.1, -0.05) is 0 Å². The van der Waals surface area contributed by atoms with Gasteiger partial charge >= 0.3 is 5.97 Å². The van der Waals surface area contributed by atoms with Crippen molar-refractivity contribution < 1.29 is 34.5 Å². The number of carbonyl (C=O) groups excluding carboxylic acids is 3. The first-order valence-corrected chi connectivity index (χ1v) is 8.70. The Morgan fingerprint density at radius 2 is 1.48 bits per heavy atom. The number of nitrogens with two attached hydrogens (primary N) is 3. The molecule has 29 heavy (non-hydrogen) atoms. The summed E-state index contributed by atoms with van der Waals surface area (Å²) in [6, 6.07) is -5.09. The van der Waals surface area contributed by atoms with Gasteiger partial charge in [-0.05, 0) is 19.8 Å². The van der Waals surface area contributed by atoms with Crippen LogP contribution in [0.15, 0.2) is 4.99 Å². The molecule has 0 aliphatic heterocycles. The Hall–Kier alpha value is -2.97. The Kier molecular flexibility index (Phi) is 11.9. The van der Waals surface area contributed by atoms with Gasteiger partial charge in [0.15, 0.2) is 5.96 Å². The largest absolute Gasteiger partial charge is 0.480 e. The molecular formula is C15H29N7O7. The molecule has 3 amide bonds. The summed E-state index contributed by atoms with van der Waals surface area (Å²) in [5.41, 5.74) is 16.0. The van der Waals surface area contributed by atoms with E-state index in [1.807, 2.05) is 5.32 Å². The summed E-state index contributed by atoms with van der Waals surface area (Å²) in [5.74, 6) is -4.00. The van der Waals surface area contributed by atoms with Gasteiger partial charge in [-0.25, -0.2) is 4.79 Å². The molecule has 14 nitrogen and oxygen atoms in total. The molecule has 0 bridgehead atoms. The van der Waals surface area contributed by atoms with Crippen LogP contribution < -0.4 is 33.2 Å². The maximum atomic E-state index is 12.2. The second-order valence-electron chi connectivity index (χ2n) is 6.11. The zero-order chi connectivity index (χ0) is 22.6. The molecule has 0 radical (unpaired) electrons. The van der Waals surface area contributed by atoms with Crippen LogP contribution in [0.1, 0.15) is 19.8 Å². The number of guanidine groups is 1. The molecule has 0 heterocycles. The number of amides is 3. The third-order valence-electron chi connectivity index (χ3n) is 3.67. The van der Waals surface area contributed by atoms with E-state index in [0.29, 0.717) is 6.42 Å². The summed E-state index contributed by atoms with van der Waals surface area (Å²) in [6.07, 6.45) is 0.633. The van der Waals surface area contributed by atoms with E-state index in [0.717, 1.165) is 0 Å². The van der Waals surface area contributed by atoms with Crippen LogP contribution in [0.4, 0.5) is 0 Å². The highest BCUT2D eigenvalue weighted by atomic mass is 16.4. The van der Waals surface area contributed by atoms with E-state index in [1.165, 1.54) is 6.92 Å². The molecule has 12 N–H and O–H groups in total.